The molecule has 0 fully saturated rings. The molecule has 2 atom stereocenters. The van der Waals surface area contributed by atoms with E-state index in [1.54, 1.807) is 30.3 Å². The van der Waals surface area contributed by atoms with Crippen molar-refractivity contribution in [2.75, 3.05) is 6.61 Å². The van der Waals surface area contributed by atoms with E-state index in [1.165, 1.54) is 6.08 Å². The second-order valence-corrected chi connectivity index (χ2v) is 8.64. The van der Waals surface area contributed by atoms with Crippen molar-refractivity contribution in [1.29, 1.82) is 0 Å². The van der Waals surface area contributed by atoms with E-state index in [-0.39, 0.29) is 23.8 Å². The van der Waals surface area contributed by atoms with Gasteiger partial charge in [-0.25, -0.2) is 13.1 Å². The van der Waals surface area contributed by atoms with Gasteiger partial charge in [0.1, 0.15) is 0 Å². The summed E-state index contributed by atoms with van der Waals surface area (Å²) in [5, 5.41) is 8.80. The SMILES string of the molecule is Cc1ccc(S(=O)(=O)N[C@@H](COCc2ccccc2)[C@@H](C)/C=C\CC(=O)O)cc1. The van der Waals surface area contributed by atoms with Crippen LogP contribution in [0.2, 0.25) is 0 Å². The number of carboxylic acid groups (broad SMARTS) is 1. The smallest absolute Gasteiger partial charge is 0.307 e. The van der Waals surface area contributed by atoms with Crippen molar-refractivity contribution in [3.05, 3.63) is 77.9 Å². The molecule has 0 saturated heterocycles. The number of carbonyl (C=O) groups is 1. The van der Waals surface area contributed by atoms with E-state index >= 15 is 0 Å². The van der Waals surface area contributed by atoms with Gasteiger partial charge in [0.05, 0.1) is 30.6 Å². The van der Waals surface area contributed by atoms with E-state index < -0.39 is 22.0 Å². The summed E-state index contributed by atoms with van der Waals surface area (Å²) in [6.45, 7) is 4.22. The molecule has 0 spiro atoms. The Morgan fingerprint density at radius 2 is 1.79 bits per heavy atom. The fourth-order valence-electron chi connectivity index (χ4n) is 2.67. The molecule has 0 radical (unpaired) electrons. The fourth-order valence-corrected chi connectivity index (χ4v) is 3.99. The van der Waals surface area contributed by atoms with Gasteiger partial charge in [-0.2, -0.15) is 0 Å². The highest BCUT2D eigenvalue weighted by Gasteiger charge is 2.23. The summed E-state index contributed by atoms with van der Waals surface area (Å²) in [5.41, 5.74) is 1.96. The lowest BCUT2D eigenvalue weighted by Gasteiger charge is -2.23. The van der Waals surface area contributed by atoms with E-state index in [1.807, 2.05) is 44.2 Å². The number of benzene rings is 2. The van der Waals surface area contributed by atoms with Crippen LogP contribution in [0.5, 0.6) is 0 Å². The zero-order valence-corrected chi connectivity index (χ0v) is 17.4. The molecular weight excluding hydrogens is 390 g/mol. The summed E-state index contributed by atoms with van der Waals surface area (Å²) >= 11 is 0. The van der Waals surface area contributed by atoms with Crippen LogP contribution in [0.1, 0.15) is 24.5 Å². The standard InChI is InChI=1S/C22H27NO5S/c1-17-11-13-20(14-12-17)29(26,27)23-21(18(2)7-6-10-22(24)25)16-28-15-19-8-4-3-5-9-19/h3-9,11-14,18,21,23H,10,15-16H2,1-2H3,(H,24,25)/b7-6-/t18-,21-/m0/s1. The van der Waals surface area contributed by atoms with Crippen LogP contribution < -0.4 is 4.72 Å². The lowest BCUT2D eigenvalue weighted by Crippen LogP contribution is -2.42. The Morgan fingerprint density at radius 1 is 1.14 bits per heavy atom. The van der Waals surface area contributed by atoms with Gasteiger partial charge in [0.25, 0.3) is 0 Å². The second kappa shape index (κ2) is 10.9. The van der Waals surface area contributed by atoms with Gasteiger partial charge in [0.15, 0.2) is 0 Å². The molecule has 6 nitrogen and oxygen atoms in total. The highest BCUT2D eigenvalue weighted by molar-refractivity contribution is 7.89. The minimum atomic E-state index is -3.74. The van der Waals surface area contributed by atoms with E-state index in [4.69, 9.17) is 9.84 Å². The first-order valence-electron chi connectivity index (χ1n) is 9.37. The number of carboxylic acids is 1. The average molecular weight is 418 g/mol. The van der Waals surface area contributed by atoms with Crippen molar-refractivity contribution in [3.8, 4) is 0 Å². The Bertz CT molecular complexity index is 908. The zero-order valence-electron chi connectivity index (χ0n) is 16.6. The third kappa shape index (κ3) is 7.81. The Kier molecular flexibility index (Phi) is 8.57. The predicted octanol–water partition coefficient (Wildman–Crippen LogP) is 3.53. The van der Waals surface area contributed by atoms with Gasteiger partial charge in [0, 0.05) is 0 Å². The van der Waals surface area contributed by atoms with Crippen LogP contribution in [0, 0.1) is 12.8 Å². The van der Waals surface area contributed by atoms with Crippen LogP contribution >= 0.6 is 0 Å². The molecule has 0 aliphatic rings. The fraction of sp³-hybridized carbons (Fsp3) is 0.318. The van der Waals surface area contributed by atoms with Gasteiger partial charge >= 0.3 is 5.97 Å². The first-order valence-corrected chi connectivity index (χ1v) is 10.9. The Balaban J connectivity index is 2.10. The number of sulfonamides is 1. The lowest BCUT2D eigenvalue weighted by molar-refractivity contribution is -0.136. The molecule has 0 aliphatic heterocycles. The third-order valence-corrected chi connectivity index (χ3v) is 5.92. The van der Waals surface area contributed by atoms with E-state index in [0.29, 0.717) is 6.61 Å². The number of nitrogens with one attached hydrogen (secondary N) is 1. The van der Waals surface area contributed by atoms with Gasteiger partial charge < -0.3 is 9.84 Å². The maximum Gasteiger partial charge on any atom is 0.307 e. The van der Waals surface area contributed by atoms with Gasteiger partial charge in [-0.3, -0.25) is 4.79 Å². The summed E-state index contributed by atoms with van der Waals surface area (Å²) < 4.78 is 34.0. The molecular formula is C22H27NO5S. The Morgan fingerprint density at radius 3 is 2.41 bits per heavy atom. The minimum absolute atomic E-state index is 0.118. The highest BCUT2D eigenvalue weighted by Crippen LogP contribution is 2.15. The number of rotatable bonds is 11. The van der Waals surface area contributed by atoms with Crippen molar-refractivity contribution in [1.82, 2.24) is 4.72 Å². The van der Waals surface area contributed by atoms with Crippen LogP contribution in [0.4, 0.5) is 0 Å². The topological polar surface area (TPSA) is 92.7 Å². The summed E-state index contributed by atoms with van der Waals surface area (Å²) in [5.74, 6) is -1.20. The third-order valence-electron chi connectivity index (χ3n) is 4.41. The number of ether oxygens (including phenoxy) is 1. The molecule has 0 heterocycles. The van der Waals surface area contributed by atoms with E-state index in [9.17, 15) is 13.2 Å². The maximum atomic E-state index is 12.8. The Labute approximate surface area is 172 Å². The molecule has 0 bridgehead atoms. The number of hydrogen-bond acceptors (Lipinski definition) is 4. The molecule has 156 valence electrons. The van der Waals surface area contributed by atoms with Crippen LogP contribution in [-0.4, -0.2) is 32.1 Å². The van der Waals surface area contributed by atoms with Crippen molar-refractivity contribution in [2.45, 2.75) is 37.8 Å². The first-order chi connectivity index (χ1) is 13.8. The molecule has 2 aromatic rings. The van der Waals surface area contributed by atoms with Gasteiger partial charge in [-0.15, -0.1) is 0 Å². The summed E-state index contributed by atoms with van der Waals surface area (Å²) in [6, 6.07) is 15.7. The van der Waals surface area contributed by atoms with E-state index in [0.717, 1.165) is 11.1 Å². The molecule has 2 aromatic carbocycles. The number of aryl methyl sites for hydroxylation is 1. The lowest BCUT2D eigenvalue weighted by atomic mass is 10.0. The van der Waals surface area contributed by atoms with Crippen molar-refractivity contribution < 1.29 is 23.1 Å². The minimum Gasteiger partial charge on any atom is -0.481 e. The van der Waals surface area contributed by atoms with Crippen LogP contribution in [0.3, 0.4) is 0 Å². The first kappa shape index (κ1) is 22.8. The van der Waals surface area contributed by atoms with Crippen molar-refractivity contribution >= 4 is 16.0 Å². The summed E-state index contributed by atoms with van der Waals surface area (Å²) in [7, 11) is -3.74. The zero-order chi connectivity index (χ0) is 21.3. The monoisotopic (exact) mass is 417 g/mol. The molecule has 0 unspecified atom stereocenters. The van der Waals surface area contributed by atoms with Crippen molar-refractivity contribution in [2.24, 2.45) is 5.92 Å². The quantitative estimate of drug-likeness (QED) is 0.546. The van der Waals surface area contributed by atoms with Crippen LogP contribution in [0.15, 0.2) is 71.6 Å². The molecule has 0 amide bonds. The summed E-state index contributed by atoms with van der Waals surface area (Å²) in [6.07, 6.45) is 3.10. The molecule has 0 aromatic heterocycles. The normalized spacial score (nSPS) is 14.0. The predicted molar refractivity (Wildman–Crippen MR) is 112 cm³/mol. The molecule has 0 aliphatic carbocycles. The second-order valence-electron chi connectivity index (χ2n) is 6.93. The molecule has 2 rings (SSSR count). The molecule has 7 heteroatoms. The van der Waals surface area contributed by atoms with Gasteiger partial charge in [-0.1, -0.05) is 67.1 Å². The molecule has 0 saturated carbocycles. The van der Waals surface area contributed by atoms with Crippen LogP contribution in [0.25, 0.3) is 0 Å². The number of hydrogen-bond donors (Lipinski definition) is 2. The van der Waals surface area contributed by atoms with Gasteiger partial charge in [-0.05, 0) is 30.5 Å². The largest absolute Gasteiger partial charge is 0.481 e. The molecule has 29 heavy (non-hydrogen) atoms. The average Bonchev–Trinajstić information content (AvgIpc) is 2.68. The van der Waals surface area contributed by atoms with Crippen molar-refractivity contribution in [3.63, 3.8) is 0 Å². The maximum absolute atomic E-state index is 12.8. The van der Waals surface area contributed by atoms with Crippen LogP contribution in [-0.2, 0) is 26.2 Å². The van der Waals surface area contributed by atoms with Gasteiger partial charge in [0.2, 0.25) is 10.0 Å². The van der Waals surface area contributed by atoms with E-state index in [2.05, 4.69) is 4.72 Å². The highest BCUT2D eigenvalue weighted by atomic mass is 32.2. The molecule has 2 N–H and O–H groups in total. The summed E-state index contributed by atoms with van der Waals surface area (Å²) in [4.78, 5) is 10.9. The Hall–Kier alpha value is -2.48. The number of aliphatic carboxylic acids is 1.